The Morgan fingerprint density at radius 2 is 1.13 bits per heavy atom. The van der Waals surface area contributed by atoms with Crippen molar-refractivity contribution >= 4 is 0 Å². The molecule has 0 saturated heterocycles. The van der Waals surface area contributed by atoms with Crippen molar-refractivity contribution in [2.75, 3.05) is 6.67 Å². The lowest BCUT2D eigenvalue weighted by Crippen LogP contribution is -2.12. The Balaban J connectivity index is 3.52. The SMILES string of the molecule is OC(CF)c1c(F)c(F)c(F)c(F)c1F. The molecule has 1 nitrogen and oxygen atoms in total. The van der Waals surface area contributed by atoms with Crippen molar-refractivity contribution in [3.8, 4) is 0 Å². The maximum atomic E-state index is 12.8. The molecule has 0 amide bonds. The van der Waals surface area contributed by atoms with Gasteiger partial charge in [-0.15, -0.1) is 0 Å². The van der Waals surface area contributed by atoms with Gasteiger partial charge < -0.3 is 5.11 Å². The first-order valence-electron chi connectivity index (χ1n) is 3.67. The Bertz CT molecular complexity index is 362. The summed E-state index contributed by atoms with van der Waals surface area (Å²) in [5.41, 5.74) is -1.56. The van der Waals surface area contributed by atoms with Gasteiger partial charge in [0.25, 0.3) is 0 Å². The standard InChI is InChI=1S/C8H4F6O/c9-1-2(15)3-4(10)6(12)8(14)7(13)5(3)11/h2,15H,1H2. The molecule has 0 saturated carbocycles. The normalized spacial score (nSPS) is 13.0. The van der Waals surface area contributed by atoms with Gasteiger partial charge in [0, 0.05) is 0 Å². The molecule has 0 aliphatic heterocycles. The fraction of sp³-hybridized carbons (Fsp3) is 0.250. The number of rotatable bonds is 2. The first-order valence-corrected chi connectivity index (χ1v) is 3.67. The van der Waals surface area contributed by atoms with Gasteiger partial charge in [-0.2, -0.15) is 0 Å². The van der Waals surface area contributed by atoms with Crippen molar-refractivity contribution in [1.82, 2.24) is 0 Å². The van der Waals surface area contributed by atoms with Crippen LogP contribution in [0.4, 0.5) is 26.3 Å². The zero-order chi connectivity index (χ0) is 11.7. The molecule has 0 radical (unpaired) electrons. The Labute approximate surface area is 79.9 Å². The van der Waals surface area contributed by atoms with E-state index in [-0.39, 0.29) is 0 Å². The van der Waals surface area contributed by atoms with E-state index in [1.807, 2.05) is 0 Å². The molecule has 0 aliphatic carbocycles. The molecule has 0 aliphatic rings. The summed E-state index contributed by atoms with van der Waals surface area (Å²) in [6, 6.07) is 0. The van der Waals surface area contributed by atoms with E-state index in [0.29, 0.717) is 0 Å². The van der Waals surface area contributed by atoms with Crippen LogP contribution in [0.15, 0.2) is 0 Å². The minimum absolute atomic E-state index is 1.56. The Morgan fingerprint density at radius 1 is 0.800 bits per heavy atom. The van der Waals surface area contributed by atoms with Gasteiger partial charge >= 0.3 is 0 Å². The Hall–Kier alpha value is -1.24. The van der Waals surface area contributed by atoms with Crippen LogP contribution in [0, 0.1) is 29.1 Å². The smallest absolute Gasteiger partial charge is 0.200 e. The molecular formula is C8H4F6O. The predicted octanol–water partition coefficient (Wildman–Crippen LogP) is 2.39. The van der Waals surface area contributed by atoms with Crippen LogP contribution in [0.5, 0.6) is 0 Å². The van der Waals surface area contributed by atoms with Crippen molar-refractivity contribution in [2.45, 2.75) is 6.10 Å². The molecule has 1 N–H and O–H groups in total. The van der Waals surface area contributed by atoms with Crippen molar-refractivity contribution < 1.29 is 31.4 Å². The topological polar surface area (TPSA) is 20.2 Å². The molecule has 15 heavy (non-hydrogen) atoms. The van der Waals surface area contributed by atoms with Crippen LogP contribution in [0.25, 0.3) is 0 Å². The van der Waals surface area contributed by atoms with E-state index in [9.17, 15) is 26.3 Å². The molecule has 0 aromatic heterocycles. The van der Waals surface area contributed by atoms with Gasteiger partial charge in [-0.25, -0.2) is 26.3 Å². The van der Waals surface area contributed by atoms with Crippen molar-refractivity contribution in [1.29, 1.82) is 0 Å². The lowest BCUT2D eigenvalue weighted by Gasteiger charge is -2.10. The molecule has 1 unspecified atom stereocenters. The van der Waals surface area contributed by atoms with E-state index in [1.54, 1.807) is 0 Å². The van der Waals surface area contributed by atoms with E-state index in [2.05, 4.69) is 0 Å². The molecule has 0 bridgehead atoms. The summed E-state index contributed by atoms with van der Waals surface area (Å²) < 4.78 is 74.9. The van der Waals surface area contributed by atoms with E-state index in [4.69, 9.17) is 5.11 Å². The van der Waals surface area contributed by atoms with Crippen molar-refractivity contribution in [2.24, 2.45) is 0 Å². The molecule has 84 valence electrons. The number of hydrogen-bond acceptors (Lipinski definition) is 1. The second-order valence-corrected chi connectivity index (χ2v) is 2.65. The van der Waals surface area contributed by atoms with E-state index in [0.717, 1.165) is 0 Å². The van der Waals surface area contributed by atoms with Crippen LogP contribution in [0.2, 0.25) is 0 Å². The highest BCUT2D eigenvalue weighted by atomic mass is 19.2. The number of benzene rings is 1. The molecule has 0 heterocycles. The maximum Gasteiger partial charge on any atom is 0.200 e. The second-order valence-electron chi connectivity index (χ2n) is 2.65. The number of hydrogen-bond donors (Lipinski definition) is 1. The zero-order valence-corrected chi connectivity index (χ0v) is 7.00. The van der Waals surface area contributed by atoms with Crippen molar-refractivity contribution in [3.05, 3.63) is 34.6 Å². The third kappa shape index (κ3) is 1.79. The first kappa shape index (κ1) is 11.8. The van der Waals surface area contributed by atoms with Crippen LogP contribution in [0.3, 0.4) is 0 Å². The average Bonchev–Trinajstić information content (AvgIpc) is 2.23. The van der Waals surface area contributed by atoms with Gasteiger partial charge in [-0.05, 0) is 0 Å². The van der Waals surface area contributed by atoms with Crippen LogP contribution in [0.1, 0.15) is 11.7 Å². The second kappa shape index (κ2) is 4.09. The van der Waals surface area contributed by atoms with E-state index in [1.165, 1.54) is 0 Å². The molecule has 1 aromatic rings. The van der Waals surface area contributed by atoms with Crippen LogP contribution < -0.4 is 0 Å². The van der Waals surface area contributed by atoms with Gasteiger partial charge in [0.15, 0.2) is 23.3 Å². The van der Waals surface area contributed by atoms with Crippen LogP contribution in [-0.4, -0.2) is 11.8 Å². The first-order chi connectivity index (χ1) is 6.91. The highest BCUT2D eigenvalue weighted by Gasteiger charge is 2.29. The summed E-state index contributed by atoms with van der Waals surface area (Å²) in [6.07, 6.45) is -2.38. The van der Waals surface area contributed by atoms with E-state index >= 15 is 0 Å². The summed E-state index contributed by atoms with van der Waals surface area (Å²) >= 11 is 0. The number of alkyl halides is 1. The Kier molecular flexibility index (Phi) is 3.23. The van der Waals surface area contributed by atoms with Crippen LogP contribution >= 0.6 is 0 Å². The Morgan fingerprint density at radius 3 is 1.47 bits per heavy atom. The van der Waals surface area contributed by atoms with E-state index < -0.39 is 47.4 Å². The fourth-order valence-corrected chi connectivity index (χ4v) is 0.992. The monoisotopic (exact) mass is 230 g/mol. The van der Waals surface area contributed by atoms with Gasteiger partial charge in [0.2, 0.25) is 5.82 Å². The fourth-order valence-electron chi connectivity index (χ4n) is 0.992. The minimum atomic E-state index is -2.38. The zero-order valence-electron chi connectivity index (χ0n) is 7.00. The highest BCUT2D eigenvalue weighted by Crippen LogP contribution is 2.27. The minimum Gasteiger partial charge on any atom is -0.385 e. The molecule has 1 atom stereocenters. The third-order valence-electron chi connectivity index (χ3n) is 1.72. The molecule has 0 spiro atoms. The average molecular weight is 230 g/mol. The molecule has 1 rings (SSSR count). The molecule has 0 fully saturated rings. The summed E-state index contributed by atoms with van der Waals surface area (Å²) in [6.45, 7) is -1.65. The van der Waals surface area contributed by atoms with Gasteiger partial charge in [-0.3, -0.25) is 0 Å². The van der Waals surface area contributed by atoms with Crippen molar-refractivity contribution in [3.63, 3.8) is 0 Å². The number of halogens is 6. The molecular weight excluding hydrogens is 226 g/mol. The maximum absolute atomic E-state index is 12.8. The summed E-state index contributed by atoms with van der Waals surface area (Å²) in [5.74, 6) is -11.2. The summed E-state index contributed by atoms with van der Waals surface area (Å²) in [4.78, 5) is 0. The van der Waals surface area contributed by atoms with Gasteiger partial charge in [-0.1, -0.05) is 0 Å². The molecule has 1 aromatic carbocycles. The molecule has 7 heteroatoms. The van der Waals surface area contributed by atoms with Gasteiger partial charge in [0.05, 0.1) is 5.56 Å². The summed E-state index contributed by atoms with van der Waals surface area (Å²) in [7, 11) is 0. The quantitative estimate of drug-likeness (QED) is 0.470. The number of aliphatic hydroxyl groups excluding tert-OH is 1. The van der Waals surface area contributed by atoms with Gasteiger partial charge in [0.1, 0.15) is 12.8 Å². The predicted molar refractivity (Wildman–Crippen MR) is 37.2 cm³/mol. The lowest BCUT2D eigenvalue weighted by atomic mass is 10.1. The summed E-state index contributed by atoms with van der Waals surface area (Å²) in [5, 5.41) is 8.72. The largest absolute Gasteiger partial charge is 0.385 e. The number of aliphatic hydroxyl groups is 1. The lowest BCUT2D eigenvalue weighted by molar-refractivity contribution is 0.130. The third-order valence-corrected chi connectivity index (χ3v) is 1.72. The van der Waals surface area contributed by atoms with Crippen LogP contribution in [-0.2, 0) is 0 Å². The highest BCUT2D eigenvalue weighted by molar-refractivity contribution is 5.26.